The van der Waals surface area contributed by atoms with E-state index in [-0.39, 0.29) is 5.41 Å². The van der Waals surface area contributed by atoms with Crippen LogP contribution in [-0.2, 0) is 4.79 Å². The van der Waals surface area contributed by atoms with E-state index in [1.165, 1.54) is 44.9 Å². The Morgan fingerprint density at radius 1 is 1.11 bits per heavy atom. The number of rotatable bonds is 0. The molecule has 0 aromatic rings. The molecule has 0 bridgehead atoms. The highest BCUT2D eigenvalue weighted by Gasteiger charge is 2.56. The molecule has 0 aromatic heterocycles. The Morgan fingerprint density at radius 3 is 2.89 bits per heavy atom. The molecule has 3 fully saturated rings. The van der Waals surface area contributed by atoms with Crippen LogP contribution in [0.2, 0.25) is 0 Å². The molecular formula is C18H26O. The fourth-order valence-electron chi connectivity index (χ4n) is 6.13. The predicted octanol–water partition coefficient (Wildman–Crippen LogP) is 4.37. The number of fused-ring (bicyclic) bond motifs is 5. The average molecular weight is 258 g/mol. The molecule has 104 valence electrons. The number of Topliss-reactive ketones (excluding diaryl/α,β-unsaturated/α-hetero) is 1. The largest absolute Gasteiger partial charge is 0.299 e. The minimum absolute atomic E-state index is 0.0619. The quantitative estimate of drug-likeness (QED) is 0.589. The van der Waals surface area contributed by atoms with Crippen LogP contribution in [0.1, 0.15) is 58.3 Å². The van der Waals surface area contributed by atoms with Crippen LogP contribution in [0.3, 0.4) is 0 Å². The van der Waals surface area contributed by atoms with E-state index in [2.05, 4.69) is 19.1 Å². The number of allylic oxidation sites excluding steroid dienone is 2. The first-order valence-electron chi connectivity index (χ1n) is 8.40. The highest BCUT2D eigenvalue weighted by molar-refractivity contribution is 5.87. The van der Waals surface area contributed by atoms with Gasteiger partial charge < -0.3 is 0 Å². The van der Waals surface area contributed by atoms with Gasteiger partial charge in [0.1, 0.15) is 5.78 Å². The zero-order valence-corrected chi connectivity index (χ0v) is 12.1. The van der Waals surface area contributed by atoms with Gasteiger partial charge in [0.05, 0.1) is 0 Å². The standard InChI is InChI=1S/C18H26O/c1-18-11-10-14-13-5-3-2-4-12(13)6-7-15(14)16(18)8-9-17(18)19/h3,5,12-16H,2,4,6-11H2,1H3/t12?,13-,14+,15+,16-,18-/m0/s1. The third kappa shape index (κ3) is 1.63. The van der Waals surface area contributed by atoms with Gasteiger partial charge in [-0.15, -0.1) is 0 Å². The second-order valence-electron chi connectivity index (χ2n) is 7.77. The Bertz CT molecular complexity index is 423. The van der Waals surface area contributed by atoms with Gasteiger partial charge in [-0.05, 0) is 74.5 Å². The van der Waals surface area contributed by atoms with Crippen LogP contribution < -0.4 is 0 Å². The van der Waals surface area contributed by atoms with Crippen LogP contribution in [0.4, 0.5) is 0 Å². The molecule has 19 heavy (non-hydrogen) atoms. The smallest absolute Gasteiger partial charge is 0.139 e. The van der Waals surface area contributed by atoms with Crippen LogP contribution in [0.25, 0.3) is 0 Å². The first-order chi connectivity index (χ1) is 9.20. The Labute approximate surface area is 116 Å². The number of hydrogen-bond donors (Lipinski definition) is 0. The van der Waals surface area contributed by atoms with Gasteiger partial charge in [-0.2, -0.15) is 0 Å². The highest BCUT2D eigenvalue weighted by atomic mass is 16.1. The second kappa shape index (κ2) is 4.20. The summed E-state index contributed by atoms with van der Waals surface area (Å²) in [7, 11) is 0. The molecule has 1 unspecified atom stereocenters. The Kier molecular flexibility index (Phi) is 2.69. The molecule has 6 atom stereocenters. The number of carbonyl (C=O) groups excluding carboxylic acids is 1. The molecule has 0 radical (unpaired) electrons. The molecule has 4 rings (SSSR count). The fraction of sp³-hybridized carbons (Fsp3) is 0.833. The number of ketones is 1. The van der Waals surface area contributed by atoms with Crippen LogP contribution in [0.15, 0.2) is 12.2 Å². The predicted molar refractivity (Wildman–Crippen MR) is 76.6 cm³/mol. The van der Waals surface area contributed by atoms with E-state index in [9.17, 15) is 4.79 Å². The van der Waals surface area contributed by atoms with Gasteiger partial charge in [0.25, 0.3) is 0 Å². The van der Waals surface area contributed by atoms with Crippen molar-refractivity contribution < 1.29 is 4.79 Å². The third-order valence-electron chi connectivity index (χ3n) is 7.17. The minimum Gasteiger partial charge on any atom is -0.299 e. The maximum absolute atomic E-state index is 12.3. The van der Waals surface area contributed by atoms with Crippen LogP contribution in [0.5, 0.6) is 0 Å². The van der Waals surface area contributed by atoms with Crippen molar-refractivity contribution in [2.24, 2.45) is 35.0 Å². The second-order valence-corrected chi connectivity index (χ2v) is 7.77. The van der Waals surface area contributed by atoms with Gasteiger partial charge in [-0.3, -0.25) is 4.79 Å². The zero-order chi connectivity index (χ0) is 13.0. The normalized spacial score (nSPS) is 52.5. The lowest BCUT2D eigenvalue weighted by Gasteiger charge is -2.53. The summed E-state index contributed by atoms with van der Waals surface area (Å²) in [4.78, 5) is 12.3. The first-order valence-corrected chi connectivity index (χ1v) is 8.40. The summed E-state index contributed by atoms with van der Waals surface area (Å²) in [5, 5.41) is 0. The lowest BCUT2D eigenvalue weighted by atomic mass is 9.51. The SMILES string of the molecule is C[C@]12CC[C@H]3[C@@H](CCC4CCC=C[C@@H]43)[C@@H]1CCC2=O. The van der Waals surface area contributed by atoms with Crippen molar-refractivity contribution in [2.75, 3.05) is 0 Å². The molecule has 1 nitrogen and oxygen atoms in total. The summed E-state index contributed by atoms with van der Waals surface area (Å²) in [6.07, 6.45) is 15.1. The van der Waals surface area contributed by atoms with Gasteiger partial charge in [0.2, 0.25) is 0 Å². The van der Waals surface area contributed by atoms with Crippen LogP contribution in [-0.4, -0.2) is 5.78 Å². The third-order valence-corrected chi connectivity index (χ3v) is 7.17. The van der Waals surface area contributed by atoms with E-state index in [0.29, 0.717) is 5.78 Å². The van der Waals surface area contributed by atoms with Gasteiger partial charge >= 0.3 is 0 Å². The van der Waals surface area contributed by atoms with Crippen molar-refractivity contribution in [1.29, 1.82) is 0 Å². The molecule has 4 aliphatic rings. The summed E-state index contributed by atoms with van der Waals surface area (Å²) < 4.78 is 0. The molecule has 4 aliphatic carbocycles. The van der Waals surface area contributed by atoms with Crippen molar-refractivity contribution in [3.63, 3.8) is 0 Å². The van der Waals surface area contributed by atoms with Crippen molar-refractivity contribution in [1.82, 2.24) is 0 Å². The summed E-state index contributed by atoms with van der Waals surface area (Å²) >= 11 is 0. The molecular weight excluding hydrogens is 232 g/mol. The van der Waals surface area contributed by atoms with Crippen LogP contribution >= 0.6 is 0 Å². The van der Waals surface area contributed by atoms with Crippen molar-refractivity contribution >= 4 is 5.78 Å². The Balaban J connectivity index is 1.64. The molecule has 0 spiro atoms. The molecule has 3 saturated carbocycles. The molecule has 0 amide bonds. The number of carbonyl (C=O) groups is 1. The topological polar surface area (TPSA) is 17.1 Å². The summed E-state index contributed by atoms with van der Waals surface area (Å²) in [5.41, 5.74) is 0.0619. The maximum atomic E-state index is 12.3. The number of hydrogen-bond acceptors (Lipinski definition) is 1. The summed E-state index contributed by atoms with van der Waals surface area (Å²) in [5.74, 6) is 4.88. The molecule has 0 aliphatic heterocycles. The van der Waals surface area contributed by atoms with Gasteiger partial charge in [0.15, 0.2) is 0 Å². The molecule has 0 aromatic carbocycles. The van der Waals surface area contributed by atoms with Gasteiger partial charge in [-0.1, -0.05) is 19.1 Å². The summed E-state index contributed by atoms with van der Waals surface area (Å²) in [6.45, 7) is 2.28. The van der Waals surface area contributed by atoms with Gasteiger partial charge in [-0.25, -0.2) is 0 Å². The van der Waals surface area contributed by atoms with Crippen molar-refractivity contribution in [2.45, 2.75) is 58.3 Å². The Hall–Kier alpha value is -0.590. The highest BCUT2D eigenvalue weighted by Crippen LogP contribution is 2.60. The first kappa shape index (κ1) is 12.2. The monoisotopic (exact) mass is 258 g/mol. The van der Waals surface area contributed by atoms with E-state index in [1.807, 2.05) is 0 Å². The van der Waals surface area contributed by atoms with E-state index >= 15 is 0 Å². The zero-order valence-electron chi connectivity index (χ0n) is 12.1. The van der Waals surface area contributed by atoms with Crippen molar-refractivity contribution in [3.05, 3.63) is 12.2 Å². The van der Waals surface area contributed by atoms with E-state index in [0.717, 1.165) is 36.0 Å². The molecule has 1 heteroatoms. The van der Waals surface area contributed by atoms with E-state index in [1.54, 1.807) is 0 Å². The lowest BCUT2D eigenvalue weighted by molar-refractivity contribution is -0.131. The molecule has 0 saturated heterocycles. The van der Waals surface area contributed by atoms with E-state index < -0.39 is 0 Å². The minimum atomic E-state index is 0.0619. The average Bonchev–Trinajstić information content (AvgIpc) is 2.75. The van der Waals surface area contributed by atoms with Crippen molar-refractivity contribution in [3.8, 4) is 0 Å². The van der Waals surface area contributed by atoms with Crippen LogP contribution in [0, 0.1) is 35.0 Å². The maximum Gasteiger partial charge on any atom is 0.139 e. The molecule has 0 N–H and O–H groups in total. The summed E-state index contributed by atoms with van der Waals surface area (Å²) in [6, 6.07) is 0. The lowest BCUT2D eigenvalue weighted by Crippen LogP contribution is -2.47. The van der Waals surface area contributed by atoms with Gasteiger partial charge in [0, 0.05) is 11.8 Å². The Morgan fingerprint density at radius 2 is 2.00 bits per heavy atom. The molecule has 0 heterocycles. The fourth-order valence-corrected chi connectivity index (χ4v) is 6.13. The van der Waals surface area contributed by atoms with E-state index in [4.69, 9.17) is 0 Å².